The highest BCUT2D eigenvalue weighted by Crippen LogP contribution is 2.44. The predicted molar refractivity (Wildman–Crippen MR) is 129 cm³/mol. The summed E-state index contributed by atoms with van der Waals surface area (Å²) in [6, 6.07) is 24.9. The molecule has 168 valence electrons. The molecule has 0 amide bonds. The Morgan fingerprint density at radius 2 is 1.16 bits per heavy atom. The zero-order chi connectivity index (χ0) is 23.0. The van der Waals surface area contributed by atoms with E-state index in [1.807, 2.05) is 43.3 Å². The molecule has 32 heavy (non-hydrogen) atoms. The molecule has 6 N–H and O–H groups in total. The normalized spacial score (nSPS) is 11.4. The highest BCUT2D eigenvalue weighted by Gasteiger charge is 2.37. The van der Waals surface area contributed by atoms with E-state index in [1.165, 1.54) is 0 Å². The second-order valence-electron chi connectivity index (χ2n) is 7.92. The van der Waals surface area contributed by atoms with Crippen molar-refractivity contribution in [2.75, 3.05) is 6.61 Å². The molecule has 5 nitrogen and oxygen atoms in total. The van der Waals surface area contributed by atoms with Crippen molar-refractivity contribution in [3.05, 3.63) is 106 Å². The Labute approximate surface area is 190 Å². The molecule has 0 heterocycles. The Morgan fingerprint density at radius 3 is 1.50 bits per heavy atom. The largest absolute Gasteiger partial charge is 0.466 e. The van der Waals surface area contributed by atoms with E-state index < -0.39 is 5.41 Å². The smallest absolute Gasteiger partial charge is 0.305 e. The summed E-state index contributed by atoms with van der Waals surface area (Å²) in [6.45, 7) is 3.50. The maximum atomic E-state index is 12.5. The van der Waals surface area contributed by atoms with Crippen LogP contribution < -0.4 is 17.2 Å². The van der Waals surface area contributed by atoms with Crippen LogP contribution in [0.25, 0.3) is 0 Å². The maximum absolute atomic E-state index is 12.5. The summed E-state index contributed by atoms with van der Waals surface area (Å²) in [6.07, 6.45) is 0.822. The van der Waals surface area contributed by atoms with Crippen molar-refractivity contribution in [1.29, 1.82) is 0 Å². The van der Waals surface area contributed by atoms with Gasteiger partial charge < -0.3 is 21.9 Å². The van der Waals surface area contributed by atoms with Crippen LogP contribution in [0.2, 0.25) is 0 Å². The zero-order valence-electron chi connectivity index (χ0n) is 18.7. The van der Waals surface area contributed by atoms with Crippen molar-refractivity contribution in [2.45, 2.75) is 44.8 Å². The van der Waals surface area contributed by atoms with Crippen molar-refractivity contribution in [2.24, 2.45) is 17.2 Å². The number of hydrogen-bond acceptors (Lipinski definition) is 5. The van der Waals surface area contributed by atoms with Gasteiger partial charge in [-0.05, 0) is 46.7 Å². The van der Waals surface area contributed by atoms with Crippen LogP contribution in [0.5, 0.6) is 0 Å². The number of benzene rings is 3. The third-order valence-electron chi connectivity index (χ3n) is 5.98. The summed E-state index contributed by atoms with van der Waals surface area (Å²) in [5, 5.41) is 0. The van der Waals surface area contributed by atoms with Gasteiger partial charge in [-0.15, -0.1) is 0 Å². The summed E-state index contributed by atoms with van der Waals surface area (Å²) < 4.78 is 5.28. The first-order valence-corrected chi connectivity index (χ1v) is 11.1. The monoisotopic (exact) mass is 431 g/mol. The third kappa shape index (κ3) is 5.07. The maximum Gasteiger partial charge on any atom is 0.305 e. The molecule has 0 atom stereocenters. The fourth-order valence-electron chi connectivity index (χ4n) is 4.35. The van der Waals surface area contributed by atoms with E-state index in [1.54, 1.807) is 0 Å². The van der Waals surface area contributed by atoms with Gasteiger partial charge in [0.25, 0.3) is 0 Å². The number of nitrogens with two attached hydrogens (primary N) is 3. The Kier molecular flexibility index (Phi) is 8.17. The lowest BCUT2D eigenvalue weighted by Gasteiger charge is -2.37. The first-order valence-electron chi connectivity index (χ1n) is 11.1. The van der Waals surface area contributed by atoms with Crippen LogP contribution in [0.15, 0.2) is 72.8 Å². The fourth-order valence-corrected chi connectivity index (χ4v) is 4.35. The predicted octanol–water partition coefficient (Wildman–Crippen LogP) is 3.74. The lowest BCUT2D eigenvalue weighted by molar-refractivity contribution is -0.143. The molecular weight excluding hydrogens is 398 g/mol. The molecule has 0 aromatic heterocycles. The number of rotatable bonds is 10. The first-order chi connectivity index (χ1) is 15.6. The van der Waals surface area contributed by atoms with Crippen LogP contribution in [-0.2, 0) is 34.6 Å². The minimum atomic E-state index is -0.589. The van der Waals surface area contributed by atoms with E-state index in [2.05, 4.69) is 36.4 Å². The van der Waals surface area contributed by atoms with E-state index in [-0.39, 0.29) is 12.4 Å². The standard InChI is InChI=1S/C27H33N3O2/c1-2-32-26(31)12-13-27(23-9-3-6-20(14-23)17-28,24-10-4-7-21(15-24)18-29)25-11-5-8-22(16-25)19-30/h3-11,14-16H,2,12-13,17-19,28-30H2,1H3. The summed E-state index contributed by atoms with van der Waals surface area (Å²) in [5.41, 5.74) is 23.7. The molecule has 3 aromatic rings. The van der Waals surface area contributed by atoms with Crippen LogP contribution in [0.4, 0.5) is 0 Å². The number of hydrogen-bond donors (Lipinski definition) is 3. The van der Waals surface area contributed by atoms with Gasteiger partial charge in [-0.1, -0.05) is 72.8 Å². The molecule has 0 bridgehead atoms. The second kappa shape index (κ2) is 11.0. The van der Waals surface area contributed by atoms with E-state index >= 15 is 0 Å². The number of carbonyl (C=O) groups excluding carboxylic acids is 1. The van der Waals surface area contributed by atoms with Crippen LogP contribution in [0.1, 0.15) is 53.1 Å². The molecule has 0 aliphatic rings. The highest BCUT2D eigenvalue weighted by molar-refractivity contribution is 5.70. The Bertz CT molecular complexity index is 933. The minimum absolute atomic E-state index is 0.211. The number of carbonyl (C=O) groups is 1. The zero-order valence-corrected chi connectivity index (χ0v) is 18.7. The van der Waals surface area contributed by atoms with Crippen molar-refractivity contribution in [3.8, 4) is 0 Å². The summed E-state index contributed by atoms with van der Waals surface area (Å²) in [7, 11) is 0. The van der Waals surface area contributed by atoms with Gasteiger partial charge >= 0.3 is 5.97 Å². The quantitative estimate of drug-likeness (QED) is 0.335. The molecule has 0 unspecified atom stereocenters. The summed E-state index contributed by atoms with van der Waals surface area (Å²) >= 11 is 0. The molecule has 0 saturated carbocycles. The average molecular weight is 432 g/mol. The minimum Gasteiger partial charge on any atom is -0.466 e. The lowest BCUT2D eigenvalue weighted by atomic mass is 9.66. The Morgan fingerprint density at radius 1 is 0.750 bits per heavy atom. The van der Waals surface area contributed by atoms with Gasteiger partial charge in [0.05, 0.1) is 6.61 Å². The van der Waals surface area contributed by atoms with Gasteiger partial charge in [0, 0.05) is 31.5 Å². The summed E-state index contributed by atoms with van der Waals surface area (Å²) in [5.74, 6) is -0.211. The molecule has 0 fully saturated rings. The second-order valence-corrected chi connectivity index (χ2v) is 7.92. The van der Waals surface area contributed by atoms with Gasteiger partial charge in [-0.25, -0.2) is 0 Å². The van der Waals surface area contributed by atoms with Gasteiger partial charge in [0.1, 0.15) is 0 Å². The third-order valence-corrected chi connectivity index (χ3v) is 5.98. The van der Waals surface area contributed by atoms with Crippen molar-refractivity contribution in [1.82, 2.24) is 0 Å². The van der Waals surface area contributed by atoms with Gasteiger partial charge in [-0.2, -0.15) is 0 Å². The van der Waals surface area contributed by atoms with E-state index in [4.69, 9.17) is 21.9 Å². The van der Waals surface area contributed by atoms with E-state index in [9.17, 15) is 4.79 Å². The molecule has 3 rings (SSSR count). The Balaban J connectivity index is 2.30. The average Bonchev–Trinajstić information content (AvgIpc) is 2.85. The van der Waals surface area contributed by atoms with Crippen LogP contribution in [-0.4, -0.2) is 12.6 Å². The van der Waals surface area contributed by atoms with Gasteiger partial charge in [0.15, 0.2) is 0 Å². The molecule has 5 heteroatoms. The topological polar surface area (TPSA) is 104 Å². The lowest BCUT2D eigenvalue weighted by Crippen LogP contribution is -2.31. The Hall–Kier alpha value is -2.99. The van der Waals surface area contributed by atoms with Gasteiger partial charge in [-0.3, -0.25) is 4.79 Å². The number of esters is 1. The highest BCUT2D eigenvalue weighted by atomic mass is 16.5. The van der Waals surface area contributed by atoms with E-state index in [0.717, 1.165) is 33.4 Å². The molecule has 0 aliphatic carbocycles. The van der Waals surface area contributed by atoms with Crippen molar-refractivity contribution < 1.29 is 9.53 Å². The van der Waals surface area contributed by atoms with Crippen LogP contribution in [0, 0.1) is 0 Å². The van der Waals surface area contributed by atoms with Crippen LogP contribution in [0.3, 0.4) is 0 Å². The number of ether oxygens (including phenoxy) is 1. The molecular formula is C27H33N3O2. The van der Waals surface area contributed by atoms with E-state index in [0.29, 0.717) is 32.7 Å². The summed E-state index contributed by atoms with van der Waals surface area (Å²) in [4.78, 5) is 12.5. The fraction of sp³-hybridized carbons (Fsp3) is 0.296. The molecule has 0 aliphatic heterocycles. The molecule has 0 radical (unpaired) electrons. The van der Waals surface area contributed by atoms with Crippen molar-refractivity contribution in [3.63, 3.8) is 0 Å². The molecule has 0 spiro atoms. The van der Waals surface area contributed by atoms with Crippen LogP contribution >= 0.6 is 0 Å². The SMILES string of the molecule is CCOC(=O)CCC(c1cccc(CN)c1)(c1cccc(CN)c1)c1cccc(CN)c1. The first kappa shape index (κ1) is 23.7. The van der Waals surface area contributed by atoms with Gasteiger partial charge in [0.2, 0.25) is 0 Å². The molecule has 3 aromatic carbocycles. The van der Waals surface area contributed by atoms with Crippen molar-refractivity contribution >= 4 is 5.97 Å². The molecule has 0 saturated heterocycles.